The molecule has 3 amide bonds. The number of ether oxygens (including phenoxy) is 1. The molecular formula is C21H31N3O5. The summed E-state index contributed by atoms with van der Waals surface area (Å²) in [5.74, 6) is -1.49. The van der Waals surface area contributed by atoms with Gasteiger partial charge in [-0.3, -0.25) is 19.2 Å². The lowest BCUT2D eigenvalue weighted by atomic mass is 10.0. The van der Waals surface area contributed by atoms with E-state index in [1.165, 1.54) is 4.90 Å². The second-order valence-corrected chi connectivity index (χ2v) is 7.59. The lowest BCUT2D eigenvalue weighted by Crippen LogP contribution is -2.45. The minimum atomic E-state index is -0.653. The number of hydrogen-bond acceptors (Lipinski definition) is 5. The summed E-state index contributed by atoms with van der Waals surface area (Å²) < 4.78 is 5.17. The third-order valence-corrected chi connectivity index (χ3v) is 4.00. The van der Waals surface area contributed by atoms with Crippen LogP contribution in [0.5, 0.6) is 0 Å². The van der Waals surface area contributed by atoms with E-state index < -0.39 is 23.4 Å². The highest BCUT2D eigenvalue weighted by atomic mass is 16.6. The summed E-state index contributed by atoms with van der Waals surface area (Å²) >= 11 is 0. The maximum Gasteiger partial charge on any atom is 0.325 e. The average Bonchev–Trinajstić information content (AvgIpc) is 2.82. The van der Waals surface area contributed by atoms with Crippen molar-refractivity contribution in [2.75, 3.05) is 19.6 Å². The molecule has 0 spiro atoms. The van der Waals surface area contributed by atoms with E-state index in [-0.39, 0.29) is 19.6 Å². The zero-order chi connectivity index (χ0) is 22.0. The largest absolute Gasteiger partial charge is 0.459 e. The number of nitrogens with one attached hydrogen (secondary N) is 2. The number of amides is 3. The van der Waals surface area contributed by atoms with E-state index in [1.54, 1.807) is 20.8 Å². The normalized spacial score (nSPS) is 13.9. The summed E-state index contributed by atoms with van der Waals surface area (Å²) in [5.41, 5.74) is 1.77. The van der Waals surface area contributed by atoms with Gasteiger partial charge in [-0.15, -0.1) is 0 Å². The highest BCUT2D eigenvalue weighted by Gasteiger charge is 2.25. The van der Waals surface area contributed by atoms with Gasteiger partial charge in [-0.05, 0) is 51.7 Å². The number of carbonyl (C=O) groups excluding carboxylic acids is 4. The van der Waals surface area contributed by atoms with Crippen LogP contribution in [-0.4, -0.2) is 54.3 Å². The van der Waals surface area contributed by atoms with Crippen LogP contribution in [0.4, 0.5) is 0 Å². The zero-order valence-corrected chi connectivity index (χ0v) is 17.8. The van der Waals surface area contributed by atoms with Crippen molar-refractivity contribution in [3.05, 3.63) is 35.1 Å². The van der Waals surface area contributed by atoms with Crippen LogP contribution in [0.1, 0.15) is 47.5 Å². The van der Waals surface area contributed by atoms with Gasteiger partial charge in [0.2, 0.25) is 18.2 Å². The van der Waals surface area contributed by atoms with Crippen molar-refractivity contribution < 1.29 is 23.9 Å². The van der Waals surface area contributed by atoms with Crippen molar-refractivity contribution >= 4 is 24.2 Å². The molecule has 0 aliphatic heterocycles. The molecular weight excluding hydrogens is 374 g/mol. The number of rotatable bonds is 9. The molecule has 0 aromatic carbocycles. The molecule has 0 unspecified atom stereocenters. The fraction of sp³-hybridized carbons (Fsp3) is 0.524. The Morgan fingerprint density at radius 2 is 1.93 bits per heavy atom. The Balaban J connectivity index is 3.01. The van der Waals surface area contributed by atoms with E-state index in [9.17, 15) is 19.2 Å². The highest BCUT2D eigenvalue weighted by molar-refractivity contribution is 5.90. The van der Waals surface area contributed by atoms with Gasteiger partial charge in [0.25, 0.3) is 0 Å². The van der Waals surface area contributed by atoms with E-state index >= 15 is 0 Å². The molecule has 2 N–H and O–H groups in total. The van der Waals surface area contributed by atoms with Gasteiger partial charge in [0.1, 0.15) is 18.7 Å². The maximum absolute atomic E-state index is 12.7. The lowest BCUT2D eigenvalue weighted by Gasteiger charge is -2.27. The van der Waals surface area contributed by atoms with Crippen molar-refractivity contribution in [3.8, 4) is 0 Å². The number of allylic oxidation sites excluding steroid dienone is 5. The molecule has 0 radical (unpaired) electrons. The lowest BCUT2D eigenvalue weighted by molar-refractivity contribution is -0.154. The quantitative estimate of drug-likeness (QED) is 0.448. The molecule has 1 aliphatic rings. The topological polar surface area (TPSA) is 105 Å². The van der Waals surface area contributed by atoms with Gasteiger partial charge in [0.05, 0.1) is 12.2 Å². The van der Waals surface area contributed by atoms with E-state index in [2.05, 4.69) is 10.6 Å². The standard InChI is InChI=1S/C21H31N3O5/c1-6-16-10-8-7-9-15(2)20(16)24(18(27)11-22-14-25)13-17(26)23-12-19(28)29-21(3,4)5/h8-10,14H,6-7,11-13H2,1-5H3,(H,22,25)(H,23,26). The molecule has 0 aromatic heterocycles. The predicted octanol–water partition coefficient (Wildman–Crippen LogP) is 1.59. The Hall–Kier alpha value is -2.90. The second-order valence-electron chi connectivity index (χ2n) is 7.59. The van der Waals surface area contributed by atoms with E-state index in [0.717, 1.165) is 17.6 Å². The van der Waals surface area contributed by atoms with Gasteiger partial charge in [-0.2, -0.15) is 0 Å². The first kappa shape index (κ1) is 24.1. The van der Waals surface area contributed by atoms with E-state index in [4.69, 9.17) is 4.74 Å². The molecule has 0 saturated carbocycles. The van der Waals surface area contributed by atoms with Crippen LogP contribution < -0.4 is 10.6 Å². The van der Waals surface area contributed by atoms with Crippen molar-refractivity contribution in [1.82, 2.24) is 15.5 Å². The summed E-state index contributed by atoms with van der Waals surface area (Å²) in [6.07, 6.45) is 7.72. The third kappa shape index (κ3) is 8.33. The van der Waals surface area contributed by atoms with Crippen molar-refractivity contribution in [3.63, 3.8) is 0 Å². The predicted molar refractivity (Wildman–Crippen MR) is 109 cm³/mol. The first-order valence-corrected chi connectivity index (χ1v) is 9.61. The molecule has 0 saturated heterocycles. The Labute approximate surface area is 172 Å². The van der Waals surface area contributed by atoms with Crippen molar-refractivity contribution in [2.45, 2.75) is 53.1 Å². The van der Waals surface area contributed by atoms with Gasteiger partial charge < -0.3 is 20.3 Å². The fourth-order valence-corrected chi connectivity index (χ4v) is 2.82. The molecule has 0 heterocycles. The van der Waals surface area contributed by atoms with Crippen LogP contribution in [0.2, 0.25) is 0 Å². The molecule has 8 nitrogen and oxygen atoms in total. The highest BCUT2D eigenvalue weighted by Crippen LogP contribution is 2.25. The first-order valence-electron chi connectivity index (χ1n) is 9.61. The molecule has 160 valence electrons. The second kappa shape index (κ2) is 11.2. The van der Waals surface area contributed by atoms with Gasteiger partial charge in [-0.25, -0.2) is 0 Å². The van der Waals surface area contributed by atoms with Gasteiger partial charge >= 0.3 is 5.97 Å². The smallest absolute Gasteiger partial charge is 0.325 e. The molecule has 0 atom stereocenters. The molecule has 29 heavy (non-hydrogen) atoms. The van der Waals surface area contributed by atoms with Crippen LogP contribution in [0.3, 0.4) is 0 Å². The summed E-state index contributed by atoms with van der Waals surface area (Å²) in [5, 5.41) is 4.83. The minimum Gasteiger partial charge on any atom is -0.459 e. The summed E-state index contributed by atoms with van der Waals surface area (Å²) in [7, 11) is 0. The number of hydrogen-bond donors (Lipinski definition) is 2. The minimum absolute atomic E-state index is 0.236. The SMILES string of the molecule is CCC1=C(N(CC(=O)NCC(=O)OC(C)(C)C)C(=O)CNC=O)C(C)=CCC=C1. The molecule has 1 rings (SSSR count). The number of nitrogens with zero attached hydrogens (tertiary/aromatic N) is 1. The molecule has 0 fully saturated rings. The van der Waals surface area contributed by atoms with Crippen LogP contribution >= 0.6 is 0 Å². The van der Waals surface area contributed by atoms with Crippen molar-refractivity contribution in [2.24, 2.45) is 0 Å². The van der Waals surface area contributed by atoms with Gasteiger partial charge in [0, 0.05) is 0 Å². The van der Waals surface area contributed by atoms with Crippen molar-refractivity contribution in [1.29, 1.82) is 0 Å². The summed E-state index contributed by atoms with van der Waals surface area (Å²) in [6, 6.07) is 0. The summed E-state index contributed by atoms with van der Waals surface area (Å²) in [6.45, 7) is 8.25. The van der Waals surface area contributed by atoms with E-state index in [1.807, 2.05) is 32.1 Å². The maximum atomic E-state index is 12.7. The average molecular weight is 405 g/mol. The monoisotopic (exact) mass is 405 g/mol. The number of esters is 1. The third-order valence-electron chi connectivity index (χ3n) is 4.00. The Kier molecular flexibility index (Phi) is 9.31. The van der Waals surface area contributed by atoms with Crippen LogP contribution in [0.25, 0.3) is 0 Å². The van der Waals surface area contributed by atoms with Crippen LogP contribution in [0.15, 0.2) is 35.1 Å². The first-order chi connectivity index (χ1) is 13.6. The fourth-order valence-electron chi connectivity index (χ4n) is 2.82. The Morgan fingerprint density at radius 1 is 1.24 bits per heavy atom. The zero-order valence-electron chi connectivity index (χ0n) is 17.8. The summed E-state index contributed by atoms with van der Waals surface area (Å²) in [4.78, 5) is 49.0. The molecule has 0 aromatic rings. The molecule has 1 aliphatic carbocycles. The van der Waals surface area contributed by atoms with E-state index in [0.29, 0.717) is 18.5 Å². The Bertz CT molecular complexity index is 729. The van der Waals surface area contributed by atoms with Crippen LogP contribution in [-0.2, 0) is 23.9 Å². The number of carbonyl (C=O) groups is 4. The molecule has 0 bridgehead atoms. The van der Waals surface area contributed by atoms with Gasteiger partial charge in [0.15, 0.2) is 0 Å². The van der Waals surface area contributed by atoms with Gasteiger partial charge in [-0.1, -0.05) is 25.2 Å². The van der Waals surface area contributed by atoms with Crippen LogP contribution in [0, 0.1) is 0 Å². The Morgan fingerprint density at radius 3 is 2.52 bits per heavy atom. The molecule has 8 heteroatoms.